The first-order valence-corrected chi connectivity index (χ1v) is 7.51. The van der Waals surface area contributed by atoms with Gasteiger partial charge in [-0.2, -0.15) is 5.26 Å². The van der Waals surface area contributed by atoms with Gasteiger partial charge in [-0.15, -0.1) is 0 Å². The monoisotopic (exact) mass is 284 g/mol. The molecule has 2 unspecified atom stereocenters. The second-order valence-electron chi connectivity index (χ2n) is 5.80. The molecule has 0 bridgehead atoms. The van der Waals surface area contributed by atoms with Crippen molar-refractivity contribution in [2.24, 2.45) is 5.92 Å². The Bertz CT molecular complexity index is 566. The van der Waals surface area contributed by atoms with Crippen molar-refractivity contribution in [3.63, 3.8) is 0 Å². The number of nitriles is 1. The van der Waals surface area contributed by atoms with Crippen LogP contribution in [-0.2, 0) is 4.79 Å². The fourth-order valence-corrected chi connectivity index (χ4v) is 3.42. The van der Waals surface area contributed by atoms with Crippen LogP contribution < -0.4 is 10.6 Å². The Balaban J connectivity index is 1.62. The van der Waals surface area contributed by atoms with E-state index in [4.69, 9.17) is 5.26 Å². The Morgan fingerprint density at radius 2 is 2.29 bits per heavy atom. The van der Waals surface area contributed by atoms with E-state index in [0.29, 0.717) is 29.8 Å². The summed E-state index contributed by atoms with van der Waals surface area (Å²) < 4.78 is 0. The molecular formula is C16H20N4O. The molecule has 1 aromatic rings. The van der Waals surface area contributed by atoms with Gasteiger partial charge in [0.1, 0.15) is 6.07 Å². The first-order valence-electron chi connectivity index (χ1n) is 7.51. The Hall–Kier alpha value is -1.90. The number of hydrogen-bond acceptors (Lipinski definition) is 4. The van der Waals surface area contributed by atoms with Crippen molar-refractivity contribution in [2.75, 3.05) is 31.5 Å². The molecule has 110 valence electrons. The highest BCUT2D eigenvalue weighted by Crippen LogP contribution is 2.26. The molecule has 0 aromatic heterocycles. The first-order chi connectivity index (χ1) is 10.3. The molecule has 1 aromatic carbocycles. The normalized spacial score (nSPS) is 25.1. The number of fused-ring (bicyclic) bond motifs is 1. The number of benzene rings is 1. The molecule has 0 aliphatic carbocycles. The fourth-order valence-electron chi connectivity index (χ4n) is 3.42. The summed E-state index contributed by atoms with van der Waals surface area (Å²) in [6.45, 7) is 3.44. The van der Waals surface area contributed by atoms with Crippen LogP contribution in [0.3, 0.4) is 0 Å². The quantitative estimate of drug-likeness (QED) is 0.874. The van der Waals surface area contributed by atoms with E-state index >= 15 is 0 Å². The average molecular weight is 284 g/mol. The van der Waals surface area contributed by atoms with Gasteiger partial charge in [0.2, 0.25) is 5.91 Å². The van der Waals surface area contributed by atoms with Gasteiger partial charge in [0.05, 0.1) is 17.8 Å². The molecule has 2 fully saturated rings. The van der Waals surface area contributed by atoms with Crippen LogP contribution in [0.25, 0.3) is 0 Å². The number of nitrogens with zero attached hydrogens (tertiary/aromatic N) is 2. The lowest BCUT2D eigenvalue weighted by Crippen LogP contribution is -2.48. The number of likely N-dealkylation sites (tertiary alicyclic amines) is 1. The summed E-state index contributed by atoms with van der Waals surface area (Å²) >= 11 is 0. The summed E-state index contributed by atoms with van der Waals surface area (Å²) in [6, 6.07) is 9.70. The Morgan fingerprint density at radius 1 is 1.43 bits per heavy atom. The molecule has 2 N–H and O–H groups in total. The van der Waals surface area contributed by atoms with E-state index in [1.165, 1.54) is 6.42 Å². The van der Waals surface area contributed by atoms with Crippen molar-refractivity contribution in [2.45, 2.75) is 18.9 Å². The highest BCUT2D eigenvalue weighted by molar-refractivity contribution is 5.93. The van der Waals surface area contributed by atoms with Crippen molar-refractivity contribution in [1.82, 2.24) is 10.2 Å². The van der Waals surface area contributed by atoms with Gasteiger partial charge in [0.25, 0.3) is 0 Å². The standard InChI is InChI=1S/C16H20N4O/c17-8-12-4-1-2-6-14(12)19-16(21)11-20-7-3-5-13-9-18-10-15(13)20/h1-2,4,6,13,15,18H,3,5,7,9-11H2,(H,19,21). The zero-order chi connectivity index (χ0) is 14.7. The molecule has 0 radical (unpaired) electrons. The minimum atomic E-state index is -0.0368. The zero-order valence-electron chi connectivity index (χ0n) is 12.0. The largest absolute Gasteiger partial charge is 0.324 e. The molecule has 2 aliphatic rings. The van der Waals surface area contributed by atoms with Gasteiger partial charge in [-0.05, 0) is 44.0 Å². The van der Waals surface area contributed by atoms with Gasteiger partial charge >= 0.3 is 0 Å². The number of anilines is 1. The summed E-state index contributed by atoms with van der Waals surface area (Å²) in [7, 11) is 0. The summed E-state index contributed by atoms with van der Waals surface area (Å²) in [4.78, 5) is 14.5. The van der Waals surface area contributed by atoms with Crippen molar-refractivity contribution in [3.05, 3.63) is 29.8 Å². The van der Waals surface area contributed by atoms with Crippen LogP contribution in [0, 0.1) is 17.2 Å². The van der Waals surface area contributed by atoms with Crippen LogP contribution in [0.15, 0.2) is 24.3 Å². The minimum absolute atomic E-state index is 0.0368. The van der Waals surface area contributed by atoms with E-state index < -0.39 is 0 Å². The summed E-state index contributed by atoms with van der Waals surface area (Å²) in [5.74, 6) is 0.642. The number of carbonyl (C=O) groups excluding carboxylic acids is 1. The lowest BCUT2D eigenvalue weighted by atomic mass is 9.92. The molecule has 2 saturated heterocycles. The molecule has 5 heteroatoms. The summed E-state index contributed by atoms with van der Waals surface area (Å²) in [5.41, 5.74) is 1.10. The molecule has 5 nitrogen and oxygen atoms in total. The molecular weight excluding hydrogens is 264 g/mol. The topological polar surface area (TPSA) is 68.2 Å². The maximum atomic E-state index is 12.3. The Morgan fingerprint density at radius 3 is 3.14 bits per heavy atom. The minimum Gasteiger partial charge on any atom is -0.324 e. The van der Waals surface area contributed by atoms with Crippen molar-refractivity contribution < 1.29 is 4.79 Å². The molecule has 2 heterocycles. The molecule has 21 heavy (non-hydrogen) atoms. The first kappa shape index (κ1) is 14.1. The number of carbonyl (C=O) groups is 1. The van der Waals surface area contributed by atoms with Crippen molar-refractivity contribution >= 4 is 11.6 Å². The van der Waals surface area contributed by atoms with E-state index in [1.807, 2.05) is 6.07 Å². The zero-order valence-corrected chi connectivity index (χ0v) is 12.0. The van der Waals surface area contributed by atoms with Gasteiger partial charge in [-0.25, -0.2) is 0 Å². The Labute approximate surface area is 124 Å². The number of hydrogen-bond donors (Lipinski definition) is 2. The van der Waals surface area contributed by atoms with Crippen LogP contribution in [0.5, 0.6) is 0 Å². The summed E-state index contributed by atoms with van der Waals surface area (Å²) in [5, 5.41) is 15.3. The SMILES string of the molecule is N#Cc1ccccc1NC(=O)CN1CCCC2CNCC21. The smallest absolute Gasteiger partial charge is 0.238 e. The number of para-hydroxylation sites is 1. The lowest BCUT2D eigenvalue weighted by Gasteiger charge is -2.36. The van der Waals surface area contributed by atoms with E-state index in [-0.39, 0.29) is 5.91 Å². The fraction of sp³-hybridized carbons (Fsp3) is 0.500. The predicted octanol–water partition coefficient (Wildman–Crippen LogP) is 1.18. The maximum Gasteiger partial charge on any atom is 0.238 e. The van der Waals surface area contributed by atoms with E-state index in [9.17, 15) is 4.79 Å². The Kier molecular flexibility index (Phi) is 4.18. The third-order valence-electron chi connectivity index (χ3n) is 4.46. The van der Waals surface area contributed by atoms with Gasteiger partial charge in [-0.1, -0.05) is 12.1 Å². The van der Waals surface area contributed by atoms with Gasteiger partial charge in [-0.3, -0.25) is 9.69 Å². The van der Waals surface area contributed by atoms with E-state index in [1.54, 1.807) is 18.2 Å². The predicted molar refractivity (Wildman–Crippen MR) is 80.7 cm³/mol. The van der Waals surface area contributed by atoms with Crippen LogP contribution >= 0.6 is 0 Å². The van der Waals surface area contributed by atoms with E-state index in [2.05, 4.69) is 21.6 Å². The number of rotatable bonds is 3. The molecule has 2 atom stereocenters. The molecule has 0 saturated carbocycles. The van der Waals surface area contributed by atoms with Crippen LogP contribution in [0.2, 0.25) is 0 Å². The number of amides is 1. The second-order valence-corrected chi connectivity index (χ2v) is 5.80. The maximum absolute atomic E-state index is 12.3. The van der Waals surface area contributed by atoms with Gasteiger partial charge < -0.3 is 10.6 Å². The van der Waals surface area contributed by atoms with Crippen LogP contribution in [-0.4, -0.2) is 43.0 Å². The van der Waals surface area contributed by atoms with Gasteiger partial charge in [0, 0.05) is 12.6 Å². The number of nitrogens with one attached hydrogen (secondary N) is 2. The molecule has 0 spiro atoms. The third-order valence-corrected chi connectivity index (χ3v) is 4.46. The van der Waals surface area contributed by atoms with Crippen molar-refractivity contribution in [3.8, 4) is 6.07 Å². The lowest BCUT2D eigenvalue weighted by molar-refractivity contribution is -0.118. The molecule has 1 amide bonds. The van der Waals surface area contributed by atoms with E-state index in [0.717, 1.165) is 26.1 Å². The summed E-state index contributed by atoms with van der Waals surface area (Å²) in [6.07, 6.45) is 2.41. The highest BCUT2D eigenvalue weighted by Gasteiger charge is 2.35. The second kappa shape index (κ2) is 6.25. The van der Waals surface area contributed by atoms with Gasteiger partial charge in [0.15, 0.2) is 0 Å². The number of piperidine rings is 1. The third kappa shape index (κ3) is 3.07. The molecule has 2 aliphatic heterocycles. The molecule has 3 rings (SSSR count). The van der Waals surface area contributed by atoms with Crippen molar-refractivity contribution in [1.29, 1.82) is 5.26 Å². The highest BCUT2D eigenvalue weighted by atomic mass is 16.2. The van der Waals surface area contributed by atoms with Crippen LogP contribution in [0.1, 0.15) is 18.4 Å². The average Bonchev–Trinajstić information content (AvgIpc) is 2.97. The van der Waals surface area contributed by atoms with Crippen LogP contribution in [0.4, 0.5) is 5.69 Å².